The van der Waals surface area contributed by atoms with Crippen molar-refractivity contribution >= 4 is 28.2 Å². The topological polar surface area (TPSA) is 83.5 Å². The second kappa shape index (κ2) is 6.55. The zero-order valence-electron chi connectivity index (χ0n) is 13.3. The first kappa shape index (κ1) is 15.8. The second-order valence-corrected chi connectivity index (χ2v) is 5.32. The van der Waals surface area contributed by atoms with Gasteiger partial charge in [0, 0.05) is 16.8 Å². The lowest BCUT2D eigenvalue weighted by Crippen LogP contribution is -2.20. The van der Waals surface area contributed by atoms with Gasteiger partial charge in [-0.1, -0.05) is 6.07 Å². The van der Waals surface area contributed by atoms with E-state index in [-0.39, 0.29) is 0 Å². The van der Waals surface area contributed by atoms with Crippen LogP contribution in [0.3, 0.4) is 0 Å². The van der Waals surface area contributed by atoms with Gasteiger partial charge in [0.15, 0.2) is 0 Å². The van der Waals surface area contributed by atoms with Gasteiger partial charge in [0.05, 0.1) is 23.9 Å². The van der Waals surface area contributed by atoms with Crippen LogP contribution in [0.2, 0.25) is 0 Å². The Morgan fingerprint density at radius 3 is 2.46 bits per heavy atom. The first-order valence-electron chi connectivity index (χ1n) is 7.37. The molecule has 6 heteroatoms. The van der Waals surface area contributed by atoms with E-state index in [0.29, 0.717) is 11.3 Å². The summed E-state index contributed by atoms with van der Waals surface area (Å²) >= 11 is 0. The molecule has 0 aliphatic rings. The molecule has 3 aromatic rings. The van der Waals surface area contributed by atoms with Crippen molar-refractivity contribution in [2.24, 2.45) is 0 Å². The Kier molecular flexibility index (Phi) is 4.31. The largest absolute Gasteiger partial charge is 0.497 e. The summed E-state index contributed by atoms with van der Waals surface area (Å²) in [6.45, 7) is 1.73. The summed E-state index contributed by atoms with van der Waals surface area (Å²) < 4.78 is 5.14. The Balaban J connectivity index is 1.91. The predicted molar refractivity (Wildman–Crippen MR) is 92.0 cm³/mol. The minimum atomic E-state index is -0.567. The van der Waals surface area contributed by atoms with Crippen molar-refractivity contribution in [2.75, 3.05) is 12.4 Å². The normalized spacial score (nSPS) is 10.5. The standard InChI is InChI=1S/C18H17N3O3/c1-11-16(18(22)21-23)9-12-3-4-14(10-17(12)19-11)20-13-5-7-15(24-2)8-6-13/h3-10,20,23H,1-2H3,(H,21,22). The van der Waals surface area contributed by atoms with Crippen LogP contribution in [0.4, 0.5) is 11.4 Å². The first-order chi connectivity index (χ1) is 11.6. The Labute approximate surface area is 139 Å². The molecule has 3 N–H and O–H groups in total. The molecule has 0 saturated carbocycles. The molecule has 3 rings (SSSR count). The number of hydroxylamine groups is 1. The van der Waals surface area contributed by atoms with Gasteiger partial charge in [-0.05, 0) is 49.4 Å². The zero-order chi connectivity index (χ0) is 17.1. The molecular formula is C18H17N3O3. The van der Waals surface area contributed by atoms with Gasteiger partial charge in [-0.15, -0.1) is 0 Å². The number of amides is 1. The van der Waals surface area contributed by atoms with Gasteiger partial charge in [-0.2, -0.15) is 0 Å². The quantitative estimate of drug-likeness (QED) is 0.506. The molecule has 0 aliphatic heterocycles. The molecule has 0 atom stereocenters. The average Bonchev–Trinajstić information content (AvgIpc) is 2.61. The summed E-state index contributed by atoms with van der Waals surface area (Å²) in [5, 5.41) is 12.9. The lowest BCUT2D eigenvalue weighted by atomic mass is 10.1. The highest BCUT2D eigenvalue weighted by atomic mass is 16.5. The highest BCUT2D eigenvalue weighted by Gasteiger charge is 2.11. The zero-order valence-corrected chi connectivity index (χ0v) is 13.3. The van der Waals surface area contributed by atoms with E-state index in [1.165, 1.54) is 0 Å². The summed E-state index contributed by atoms with van der Waals surface area (Å²) in [6.07, 6.45) is 0. The third-order valence-corrected chi connectivity index (χ3v) is 3.73. The van der Waals surface area contributed by atoms with E-state index in [1.807, 2.05) is 42.5 Å². The Hall–Kier alpha value is -3.12. The molecule has 0 fully saturated rings. The van der Waals surface area contributed by atoms with Crippen molar-refractivity contribution in [2.45, 2.75) is 6.92 Å². The molecule has 0 spiro atoms. The van der Waals surface area contributed by atoms with Crippen molar-refractivity contribution in [1.29, 1.82) is 0 Å². The molecule has 0 radical (unpaired) electrons. The van der Waals surface area contributed by atoms with E-state index in [0.717, 1.165) is 28.0 Å². The number of rotatable bonds is 4. The Bertz CT molecular complexity index is 892. The number of benzene rings is 2. The van der Waals surface area contributed by atoms with Crippen molar-refractivity contribution in [1.82, 2.24) is 10.5 Å². The fraction of sp³-hybridized carbons (Fsp3) is 0.111. The molecule has 1 aromatic heterocycles. The number of hydrogen-bond donors (Lipinski definition) is 3. The molecule has 6 nitrogen and oxygen atoms in total. The number of aromatic nitrogens is 1. The van der Waals surface area contributed by atoms with E-state index in [4.69, 9.17) is 9.94 Å². The van der Waals surface area contributed by atoms with Crippen LogP contribution in [0.15, 0.2) is 48.5 Å². The minimum Gasteiger partial charge on any atom is -0.497 e. The summed E-state index contributed by atoms with van der Waals surface area (Å²) in [6, 6.07) is 15.0. The van der Waals surface area contributed by atoms with Crippen LogP contribution in [0, 0.1) is 6.92 Å². The Morgan fingerprint density at radius 2 is 1.79 bits per heavy atom. The number of ether oxygens (including phenoxy) is 1. The van der Waals surface area contributed by atoms with Gasteiger partial charge < -0.3 is 10.1 Å². The fourth-order valence-corrected chi connectivity index (χ4v) is 2.47. The molecule has 0 unspecified atom stereocenters. The van der Waals surface area contributed by atoms with E-state index in [1.54, 1.807) is 25.6 Å². The van der Waals surface area contributed by atoms with E-state index < -0.39 is 5.91 Å². The van der Waals surface area contributed by atoms with Gasteiger partial charge in [-0.25, -0.2) is 5.48 Å². The molecular weight excluding hydrogens is 306 g/mol. The van der Waals surface area contributed by atoms with Crippen LogP contribution < -0.4 is 15.5 Å². The maximum absolute atomic E-state index is 11.6. The third-order valence-electron chi connectivity index (χ3n) is 3.73. The Morgan fingerprint density at radius 1 is 1.08 bits per heavy atom. The van der Waals surface area contributed by atoms with Crippen LogP contribution >= 0.6 is 0 Å². The minimum absolute atomic E-state index is 0.348. The summed E-state index contributed by atoms with van der Waals surface area (Å²) in [5.74, 6) is 0.230. The number of nitrogens with zero attached hydrogens (tertiary/aromatic N) is 1. The van der Waals surface area contributed by atoms with Crippen LogP contribution in [0.25, 0.3) is 10.9 Å². The number of anilines is 2. The van der Waals surface area contributed by atoms with Gasteiger partial charge in [0.2, 0.25) is 0 Å². The van der Waals surface area contributed by atoms with Gasteiger partial charge in [0.1, 0.15) is 5.75 Å². The number of fused-ring (bicyclic) bond motifs is 1. The highest BCUT2D eigenvalue weighted by molar-refractivity contribution is 5.98. The lowest BCUT2D eigenvalue weighted by Gasteiger charge is -2.10. The summed E-state index contributed by atoms with van der Waals surface area (Å²) in [5.41, 5.74) is 5.12. The second-order valence-electron chi connectivity index (χ2n) is 5.32. The van der Waals surface area contributed by atoms with E-state index in [2.05, 4.69) is 10.3 Å². The molecule has 1 amide bonds. The van der Waals surface area contributed by atoms with Crippen LogP contribution in [0.1, 0.15) is 16.1 Å². The monoisotopic (exact) mass is 323 g/mol. The van der Waals surface area contributed by atoms with Crippen LogP contribution in [-0.4, -0.2) is 23.2 Å². The molecule has 2 aromatic carbocycles. The van der Waals surface area contributed by atoms with Crippen molar-refractivity contribution < 1.29 is 14.7 Å². The maximum Gasteiger partial charge on any atom is 0.276 e. The smallest absolute Gasteiger partial charge is 0.276 e. The number of pyridine rings is 1. The summed E-state index contributed by atoms with van der Waals surface area (Å²) in [4.78, 5) is 16.1. The number of nitrogens with one attached hydrogen (secondary N) is 2. The predicted octanol–water partition coefficient (Wildman–Crippen LogP) is 3.41. The molecule has 1 heterocycles. The number of carbonyl (C=O) groups is 1. The van der Waals surface area contributed by atoms with Gasteiger partial charge >= 0.3 is 0 Å². The number of hydrogen-bond acceptors (Lipinski definition) is 5. The number of methoxy groups -OCH3 is 1. The maximum atomic E-state index is 11.6. The highest BCUT2D eigenvalue weighted by Crippen LogP contribution is 2.24. The van der Waals surface area contributed by atoms with Crippen molar-refractivity contribution in [3.05, 3.63) is 59.8 Å². The fourth-order valence-electron chi connectivity index (χ4n) is 2.47. The van der Waals surface area contributed by atoms with Crippen LogP contribution in [-0.2, 0) is 0 Å². The molecule has 0 bridgehead atoms. The summed E-state index contributed by atoms with van der Waals surface area (Å²) in [7, 11) is 1.63. The van der Waals surface area contributed by atoms with Gasteiger partial charge in [-0.3, -0.25) is 15.0 Å². The number of carbonyl (C=O) groups excluding carboxylic acids is 1. The van der Waals surface area contributed by atoms with Crippen molar-refractivity contribution in [3.63, 3.8) is 0 Å². The van der Waals surface area contributed by atoms with E-state index in [9.17, 15) is 4.79 Å². The van der Waals surface area contributed by atoms with Crippen molar-refractivity contribution in [3.8, 4) is 5.75 Å². The number of aryl methyl sites for hydroxylation is 1. The molecule has 0 saturated heterocycles. The van der Waals surface area contributed by atoms with Gasteiger partial charge in [0.25, 0.3) is 5.91 Å². The molecule has 0 aliphatic carbocycles. The first-order valence-corrected chi connectivity index (χ1v) is 7.37. The average molecular weight is 323 g/mol. The lowest BCUT2D eigenvalue weighted by molar-refractivity contribution is 0.0705. The molecule has 24 heavy (non-hydrogen) atoms. The SMILES string of the molecule is COc1ccc(Nc2ccc3cc(C(=O)NO)c(C)nc3c2)cc1. The van der Waals surface area contributed by atoms with Crippen LogP contribution in [0.5, 0.6) is 5.75 Å². The van der Waals surface area contributed by atoms with E-state index >= 15 is 0 Å². The third kappa shape index (κ3) is 3.13. The molecule has 122 valence electrons.